The number of benzene rings is 2. The van der Waals surface area contributed by atoms with Gasteiger partial charge in [-0.15, -0.1) is 0 Å². The monoisotopic (exact) mass is 347 g/mol. The third-order valence-corrected chi connectivity index (χ3v) is 4.16. The second-order valence-corrected chi connectivity index (χ2v) is 5.70. The van der Waals surface area contributed by atoms with Crippen LogP contribution in [0.4, 0.5) is 25.0 Å². The van der Waals surface area contributed by atoms with Crippen LogP contribution in [-0.4, -0.2) is 44.2 Å². The van der Waals surface area contributed by atoms with E-state index in [1.807, 2.05) is 0 Å². The minimum Gasteiger partial charge on any atom is -0.497 e. The number of anilines is 2. The lowest BCUT2D eigenvalue weighted by Gasteiger charge is -2.36. The molecule has 0 spiro atoms. The van der Waals surface area contributed by atoms with Crippen molar-refractivity contribution in [2.75, 3.05) is 43.5 Å². The van der Waals surface area contributed by atoms with Crippen LogP contribution in [0.5, 0.6) is 5.75 Å². The van der Waals surface area contributed by atoms with Gasteiger partial charge in [0.1, 0.15) is 23.1 Å². The molecule has 1 heterocycles. The van der Waals surface area contributed by atoms with E-state index in [0.717, 1.165) is 0 Å². The highest BCUT2D eigenvalue weighted by atomic mass is 19.1. The van der Waals surface area contributed by atoms with Gasteiger partial charge >= 0.3 is 6.03 Å². The van der Waals surface area contributed by atoms with E-state index in [-0.39, 0.29) is 11.7 Å². The third kappa shape index (κ3) is 3.81. The summed E-state index contributed by atoms with van der Waals surface area (Å²) in [5, 5.41) is 2.81. The summed E-state index contributed by atoms with van der Waals surface area (Å²) < 4.78 is 32.8. The molecule has 1 saturated heterocycles. The third-order valence-electron chi connectivity index (χ3n) is 4.16. The minimum atomic E-state index is -0.587. The summed E-state index contributed by atoms with van der Waals surface area (Å²) >= 11 is 0. The summed E-state index contributed by atoms with van der Waals surface area (Å²) in [6, 6.07) is 10.6. The lowest BCUT2D eigenvalue weighted by Crippen LogP contribution is -2.50. The minimum absolute atomic E-state index is 0.0299. The molecule has 0 aliphatic carbocycles. The zero-order valence-electron chi connectivity index (χ0n) is 13.8. The number of piperazine rings is 1. The first-order valence-corrected chi connectivity index (χ1v) is 7.97. The number of carbonyl (C=O) groups is 1. The molecule has 132 valence electrons. The Morgan fingerprint density at radius 3 is 2.16 bits per heavy atom. The Hall–Kier alpha value is -2.83. The second kappa shape index (κ2) is 7.38. The Labute approximate surface area is 144 Å². The number of methoxy groups -OCH3 is 1. The van der Waals surface area contributed by atoms with Crippen LogP contribution >= 0.6 is 0 Å². The number of urea groups is 1. The van der Waals surface area contributed by atoms with Crippen LogP contribution in [0.3, 0.4) is 0 Å². The molecule has 2 aromatic rings. The van der Waals surface area contributed by atoms with Gasteiger partial charge in [0.25, 0.3) is 0 Å². The van der Waals surface area contributed by atoms with E-state index >= 15 is 0 Å². The molecule has 7 heteroatoms. The number of nitrogens with zero attached hydrogens (tertiary/aromatic N) is 2. The molecular formula is C18H19F2N3O2. The summed E-state index contributed by atoms with van der Waals surface area (Å²) in [4.78, 5) is 15.6. The van der Waals surface area contributed by atoms with Crippen molar-refractivity contribution >= 4 is 17.4 Å². The maximum Gasteiger partial charge on any atom is 0.321 e. The predicted molar refractivity (Wildman–Crippen MR) is 92.2 cm³/mol. The maximum absolute atomic E-state index is 13.9. The molecule has 0 atom stereocenters. The van der Waals surface area contributed by atoms with Crippen LogP contribution in [0, 0.1) is 11.6 Å². The fourth-order valence-electron chi connectivity index (χ4n) is 2.80. The smallest absolute Gasteiger partial charge is 0.321 e. The van der Waals surface area contributed by atoms with Gasteiger partial charge in [0.2, 0.25) is 0 Å². The quantitative estimate of drug-likeness (QED) is 0.926. The van der Waals surface area contributed by atoms with Gasteiger partial charge in [-0.2, -0.15) is 0 Å². The van der Waals surface area contributed by atoms with Gasteiger partial charge in [-0.25, -0.2) is 13.6 Å². The summed E-state index contributed by atoms with van der Waals surface area (Å²) in [5.74, 6) is -0.467. The van der Waals surface area contributed by atoms with Gasteiger partial charge in [0, 0.05) is 31.9 Å². The Morgan fingerprint density at radius 2 is 1.60 bits per heavy atom. The molecule has 5 nitrogen and oxygen atoms in total. The average molecular weight is 347 g/mol. The summed E-state index contributed by atoms with van der Waals surface area (Å²) in [5.41, 5.74) is 0.631. The zero-order chi connectivity index (χ0) is 17.8. The lowest BCUT2D eigenvalue weighted by atomic mass is 10.2. The Morgan fingerprint density at radius 1 is 1.00 bits per heavy atom. The summed E-state index contributed by atoms with van der Waals surface area (Å²) in [6.07, 6.45) is 0. The largest absolute Gasteiger partial charge is 0.497 e. The number of carbonyl (C=O) groups excluding carboxylic acids is 1. The molecule has 0 saturated carbocycles. The van der Waals surface area contributed by atoms with Gasteiger partial charge in [0.05, 0.1) is 7.11 Å². The van der Waals surface area contributed by atoms with Crippen LogP contribution in [0.1, 0.15) is 0 Å². The molecule has 1 fully saturated rings. The van der Waals surface area contributed by atoms with E-state index in [2.05, 4.69) is 5.32 Å². The highest BCUT2D eigenvalue weighted by Gasteiger charge is 2.24. The molecule has 0 bridgehead atoms. The van der Waals surface area contributed by atoms with Gasteiger partial charge in [-0.1, -0.05) is 6.07 Å². The van der Waals surface area contributed by atoms with E-state index in [9.17, 15) is 13.6 Å². The number of amides is 2. The normalized spacial score (nSPS) is 14.4. The van der Waals surface area contributed by atoms with Crippen molar-refractivity contribution in [3.8, 4) is 5.75 Å². The number of ether oxygens (including phenoxy) is 1. The maximum atomic E-state index is 13.9. The molecule has 0 aromatic heterocycles. The molecule has 0 unspecified atom stereocenters. The van der Waals surface area contributed by atoms with E-state index in [4.69, 9.17) is 4.74 Å². The molecule has 1 aliphatic heterocycles. The topological polar surface area (TPSA) is 44.8 Å². The number of nitrogens with one attached hydrogen (secondary N) is 1. The van der Waals surface area contributed by atoms with Crippen molar-refractivity contribution in [1.29, 1.82) is 0 Å². The number of halogens is 2. The molecule has 3 rings (SSSR count). The SMILES string of the molecule is COc1ccc(NC(=O)N2CCN(c3c(F)cccc3F)CC2)cc1. The van der Waals surface area contributed by atoms with Crippen molar-refractivity contribution in [2.45, 2.75) is 0 Å². The molecule has 0 radical (unpaired) electrons. The molecule has 1 N–H and O–H groups in total. The zero-order valence-corrected chi connectivity index (χ0v) is 13.8. The number of hydrogen-bond donors (Lipinski definition) is 1. The van der Waals surface area contributed by atoms with Gasteiger partial charge in [-0.3, -0.25) is 0 Å². The van der Waals surface area contributed by atoms with E-state index in [0.29, 0.717) is 37.6 Å². The first kappa shape index (κ1) is 17.0. The number of hydrogen-bond acceptors (Lipinski definition) is 3. The predicted octanol–water partition coefficient (Wildman–Crippen LogP) is 3.33. The summed E-state index contributed by atoms with van der Waals surface area (Å²) in [6.45, 7) is 1.51. The van der Waals surface area contributed by atoms with Crippen molar-refractivity contribution in [1.82, 2.24) is 4.90 Å². The first-order chi connectivity index (χ1) is 12.1. The van der Waals surface area contributed by atoms with Gasteiger partial charge in [-0.05, 0) is 36.4 Å². The van der Waals surface area contributed by atoms with Crippen molar-refractivity contribution in [3.63, 3.8) is 0 Å². The molecule has 2 amide bonds. The van der Waals surface area contributed by atoms with Crippen molar-refractivity contribution in [2.24, 2.45) is 0 Å². The average Bonchev–Trinajstić information content (AvgIpc) is 2.63. The standard InChI is InChI=1S/C18H19F2N3O2/c1-25-14-7-5-13(6-8-14)21-18(24)23-11-9-22(10-12-23)17-15(19)3-2-4-16(17)20/h2-8H,9-12H2,1H3,(H,21,24). The van der Waals surface area contributed by atoms with E-state index in [1.165, 1.54) is 18.2 Å². The first-order valence-electron chi connectivity index (χ1n) is 7.97. The highest BCUT2D eigenvalue weighted by Crippen LogP contribution is 2.24. The van der Waals surface area contributed by atoms with Crippen LogP contribution in [0.2, 0.25) is 0 Å². The van der Waals surface area contributed by atoms with E-state index in [1.54, 1.807) is 41.2 Å². The Balaban J connectivity index is 1.59. The molecule has 25 heavy (non-hydrogen) atoms. The van der Waals surface area contributed by atoms with Crippen molar-refractivity contribution < 1.29 is 18.3 Å². The van der Waals surface area contributed by atoms with Gasteiger partial charge in [0.15, 0.2) is 0 Å². The highest BCUT2D eigenvalue weighted by molar-refractivity contribution is 5.89. The fourth-order valence-corrected chi connectivity index (χ4v) is 2.80. The van der Waals surface area contributed by atoms with Crippen LogP contribution in [0.25, 0.3) is 0 Å². The lowest BCUT2D eigenvalue weighted by molar-refractivity contribution is 0.208. The number of para-hydroxylation sites is 1. The van der Waals surface area contributed by atoms with Crippen LogP contribution < -0.4 is 15.0 Å². The second-order valence-electron chi connectivity index (χ2n) is 5.70. The van der Waals surface area contributed by atoms with Gasteiger partial charge < -0.3 is 19.9 Å². The number of rotatable bonds is 3. The van der Waals surface area contributed by atoms with E-state index < -0.39 is 11.6 Å². The van der Waals surface area contributed by atoms with Crippen LogP contribution in [-0.2, 0) is 0 Å². The molecule has 1 aliphatic rings. The summed E-state index contributed by atoms with van der Waals surface area (Å²) in [7, 11) is 1.57. The van der Waals surface area contributed by atoms with Crippen LogP contribution in [0.15, 0.2) is 42.5 Å². The molecular weight excluding hydrogens is 328 g/mol. The van der Waals surface area contributed by atoms with Crippen molar-refractivity contribution in [3.05, 3.63) is 54.1 Å². The Bertz CT molecular complexity index is 724. The molecule has 2 aromatic carbocycles. The fraction of sp³-hybridized carbons (Fsp3) is 0.278. The Kier molecular flexibility index (Phi) is 5.02.